The Bertz CT molecular complexity index is 505. The summed E-state index contributed by atoms with van der Waals surface area (Å²) in [5.41, 5.74) is 6.35. The monoisotopic (exact) mass is 209 g/mol. The Morgan fingerprint density at radius 1 is 1.27 bits per heavy atom. The molecule has 2 N–H and O–H groups in total. The normalized spacial score (nSPS) is 10.6. The van der Waals surface area contributed by atoms with Crippen molar-refractivity contribution >= 4 is 5.82 Å². The average Bonchev–Trinajstić information content (AvgIpc) is 2.45. The maximum atomic E-state index is 13.4. The van der Waals surface area contributed by atoms with Gasteiger partial charge in [0.2, 0.25) is 0 Å². The highest BCUT2D eigenvalue weighted by molar-refractivity contribution is 5.39. The minimum Gasteiger partial charge on any atom is -0.382 e. The fourth-order valence-electron chi connectivity index (χ4n) is 1.40. The van der Waals surface area contributed by atoms with E-state index in [1.165, 1.54) is 16.8 Å². The van der Waals surface area contributed by atoms with E-state index in [1.54, 1.807) is 13.0 Å². The molecule has 1 aromatic heterocycles. The number of halogens is 2. The molecule has 1 aromatic carbocycles. The fraction of sp³-hybridized carbons (Fsp3) is 0.100. The zero-order valence-electron chi connectivity index (χ0n) is 8.04. The third-order valence-electron chi connectivity index (χ3n) is 2.04. The van der Waals surface area contributed by atoms with Crippen LogP contribution in [0.5, 0.6) is 0 Å². The van der Waals surface area contributed by atoms with Crippen molar-refractivity contribution in [3.05, 3.63) is 41.6 Å². The molecule has 0 spiro atoms. The van der Waals surface area contributed by atoms with Gasteiger partial charge < -0.3 is 5.73 Å². The van der Waals surface area contributed by atoms with Crippen molar-refractivity contribution in [1.82, 2.24) is 9.78 Å². The van der Waals surface area contributed by atoms with Gasteiger partial charge in [-0.2, -0.15) is 5.10 Å². The Hall–Kier alpha value is -1.91. The molecule has 0 amide bonds. The molecule has 0 aliphatic heterocycles. The molecule has 0 fully saturated rings. The molecule has 0 saturated carbocycles. The SMILES string of the molecule is Cc1cc(N)nn1-c1ccc(F)cc1F. The van der Waals surface area contributed by atoms with Crippen molar-refractivity contribution in [2.24, 2.45) is 0 Å². The highest BCUT2D eigenvalue weighted by Crippen LogP contribution is 2.17. The maximum absolute atomic E-state index is 13.4. The molecule has 0 aliphatic carbocycles. The number of nitrogens with zero attached hydrogens (tertiary/aromatic N) is 2. The Kier molecular flexibility index (Phi) is 2.15. The van der Waals surface area contributed by atoms with Crippen LogP contribution in [0.25, 0.3) is 5.69 Å². The fourth-order valence-corrected chi connectivity index (χ4v) is 1.40. The summed E-state index contributed by atoms with van der Waals surface area (Å²) in [7, 11) is 0. The largest absolute Gasteiger partial charge is 0.382 e. The van der Waals surface area contributed by atoms with E-state index in [0.717, 1.165) is 6.07 Å². The summed E-state index contributed by atoms with van der Waals surface area (Å²) >= 11 is 0. The summed E-state index contributed by atoms with van der Waals surface area (Å²) < 4.78 is 27.4. The summed E-state index contributed by atoms with van der Waals surface area (Å²) in [5, 5.41) is 3.90. The second kappa shape index (κ2) is 3.34. The molecule has 78 valence electrons. The molecule has 0 aliphatic rings. The van der Waals surface area contributed by atoms with Crippen molar-refractivity contribution < 1.29 is 8.78 Å². The number of hydrogen-bond acceptors (Lipinski definition) is 2. The van der Waals surface area contributed by atoms with E-state index in [4.69, 9.17) is 5.73 Å². The molecule has 1 heterocycles. The van der Waals surface area contributed by atoms with Gasteiger partial charge in [0, 0.05) is 17.8 Å². The molecule has 2 rings (SSSR count). The van der Waals surface area contributed by atoms with E-state index in [2.05, 4.69) is 5.10 Å². The standard InChI is InChI=1S/C10H9F2N3/c1-6-4-10(13)14-15(6)9-3-2-7(11)5-8(9)12/h2-5H,1H3,(H2,13,14). The molecule has 0 radical (unpaired) electrons. The molecular weight excluding hydrogens is 200 g/mol. The van der Waals surface area contributed by atoms with Crippen LogP contribution in [0.15, 0.2) is 24.3 Å². The second-order valence-corrected chi connectivity index (χ2v) is 3.22. The lowest BCUT2D eigenvalue weighted by atomic mass is 10.3. The predicted octanol–water partition coefficient (Wildman–Crippen LogP) is 2.04. The van der Waals surface area contributed by atoms with E-state index in [9.17, 15) is 8.78 Å². The number of nitrogen functional groups attached to an aromatic ring is 1. The lowest BCUT2D eigenvalue weighted by Gasteiger charge is -2.04. The van der Waals surface area contributed by atoms with Crippen LogP contribution in [0.4, 0.5) is 14.6 Å². The summed E-state index contributed by atoms with van der Waals surface area (Å²) in [5.74, 6) is -0.980. The Morgan fingerprint density at radius 3 is 2.53 bits per heavy atom. The Morgan fingerprint density at radius 2 is 2.00 bits per heavy atom. The molecule has 0 bridgehead atoms. The maximum Gasteiger partial charge on any atom is 0.151 e. The van der Waals surface area contributed by atoms with E-state index < -0.39 is 11.6 Å². The number of benzene rings is 1. The highest BCUT2D eigenvalue weighted by Gasteiger charge is 2.09. The van der Waals surface area contributed by atoms with Gasteiger partial charge in [-0.15, -0.1) is 0 Å². The van der Waals surface area contributed by atoms with Crippen molar-refractivity contribution in [2.75, 3.05) is 5.73 Å². The van der Waals surface area contributed by atoms with Gasteiger partial charge in [-0.05, 0) is 19.1 Å². The number of hydrogen-bond donors (Lipinski definition) is 1. The van der Waals surface area contributed by atoms with E-state index >= 15 is 0 Å². The van der Waals surface area contributed by atoms with Crippen LogP contribution in [0, 0.1) is 18.6 Å². The first-order chi connectivity index (χ1) is 7.08. The van der Waals surface area contributed by atoms with Crippen molar-refractivity contribution in [1.29, 1.82) is 0 Å². The van der Waals surface area contributed by atoms with Gasteiger partial charge in [0.25, 0.3) is 0 Å². The Labute approximate surface area is 85.1 Å². The molecular formula is C10H9F2N3. The average molecular weight is 209 g/mol. The van der Waals surface area contributed by atoms with Gasteiger partial charge in [-0.25, -0.2) is 13.5 Å². The molecule has 3 nitrogen and oxygen atoms in total. The third-order valence-corrected chi connectivity index (χ3v) is 2.04. The number of anilines is 1. The van der Waals surface area contributed by atoms with E-state index in [-0.39, 0.29) is 5.69 Å². The second-order valence-electron chi connectivity index (χ2n) is 3.22. The molecule has 15 heavy (non-hydrogen) atoms. The van der Waals surface area contributed by atoms with Gasteiger partial charge in [-0.3, -0.25) is 0 Å². The highest BCUT2D eigenvalue weighted by atomic mass is 19.1. The summed E-state index contributed by atoms with van der Waals surface area (Å²) in [6, 6.07) is 4.93. The van der Waals surface area contributed by atoms with Crippen molar-refractivity contribution in [2.45, 2.75) is 6.92 Å². The topological polar surface area (TPSA) is 43.8 Å². The molecule has 0 atom stereocenters. The minimum atomic E-state index is -0.666. The number of nitrogens with two attached hydrogens (primary N) is 1. The number of aryl methyl sites for hydroxylation is 1. The zero-order chi connectivity index (χ0) is 11.0. The van der Waals surface area contributed by atoms with E-state index in [0.29, 0.717) is 11.5 Å². The van der Waals surface area contributed by atoms with Crippen LogP contribution in [-0.2, 0) is 0 Å². The van der Waals surface area contributed by atoms with Gasteiger partial charge in [0.05, 0.1) is 0 Å². The number of aromatic nitrogens is 2. The van der Waals surface area contributed by atoms with Gasteiger partial charge in [-0.1, -0.05) is 0 Å². The van der Waals surface area contributed by atoms with Crippen LogP contribution >= 0.6 is 0 Å². The lowest BCUT2D eigenvalue weighted by molar-refractivity contribution is 0.572. The summed E-state index contributed by atoms with van der Waals surface area (Å²) in [6.45, 7) is 1.74. The van der Waals surface area contributed by atoms with Gasteiger partial charge >= 0.3 is 0 Å². The molecule has 0 unspecified atom stereocenters. The molecule has 2 aromatic rings. The molecule has 0 saturated heterocycles. The predicted molar refractivity (Wildman–Crippen MR) is 52.6 cm³/mol. The third kappa shape index (κ3) is 1.68. The first kappa shape index (κ1) is 9.64. The minimum absolute atomic E-state index is 0.186. The summed E-state index contributed by atoms with van der Waals surface area (Å²) in [6.07, 6.45) is 0. The zero-order valence-corrected chi connectivity index (χ0v) is 8.04. The van der Waals surface area contributed by atoms with Crippen LogP contribution < -0.4 is 5.73 Å². The lowest BCUT2D eigenvalue weighted by Crippen LogP contribution is -2.02. The number of rotatable bonds is 1. The first-order valence-corrected chi connectivity index (χ1v) is 4.35. The first-order valence-electron chi connectivity index (χ1n) is 4.35. The van der Waals surface area contributed by atoms with Crippen LogP contribution in [-0.4, -0.2) is 9.78 Å². The Balaban J connectivity index is 2.59. The van der Waals surface area contributed by atoms with E-state index in [1.807, 2.05) is 0 Å². The smallest absolute Gasteiger partial charge is 0.151 e. The van der Waals surface area contributed by atoms with Crippen molar-refractivity contribution in [3.63, 3.8) is 0 Å². The van der Waals surface area contributed by atoms with Crippen LogP contribution in [0.2, 0.25) is 0 Å². The van der Waals surface area contributed by atoms with Gasteiger partial charge in [0.15, 0.2) is 5.82 Å². The van der Waals surface area contributed by atoms with Crippen LogP contribution in [0.1, 0.15) is 5.69 Å². The van der Waals surface area contributed by atoms with Crippen LogP contribution in [0.3, 0.4) is 0 Å². The quantitative estimate of drug-likeness (QED) is 0.781. The molecule has 5 heteroatoms. The summed E-state index contributed by atoms with van der Waals surface area (Å²) in [4.78, 5) is 0. The van der Waals surface area contributed by atoms with Crippen molar-refractivity contribution in [3.8, 4) is 5.69 Å². The van der Waals surface area contributed by atoms with Gasteiger partial charge in [0.1, 0.15) is 17.3 Å².